The number of rotatable bonds is 6. The van der Waals surface area contributed by atoms with Gasteiger partial charge in [0.05, 0.1) is 5.56 Å². The van der Waals surface area contributed by atoms with E-state index in [1.54, 1.807) is 0 Å². The molecule has 2 aromatic heterocycles. The zero-order chi connectivity index (χ0) is 30.0. The van der Waals surface area contributed by atoms with E-state index in [2.05, 4.69) is 72.8 Å². The summed E-state index contributed by atoms with van der Waals surface area (Å²) in [4.78, 5) is 19.7. The quantitative estimate of drug-likeness (QED) is 0.196. The first-order valence-electron chi connectivity index (χ1n) is 14.8. The van der Waals surface area contributed by atoms with Crippen LogP contribution in [0.1, 0.15) is 0 Å². The summed E-state index contributed by atoms with van der Waals surface area (Å²) < 4.78 is 6.35. The van der Waals surface area contributed by atoms with Gasteiger partial charge in [0.15, 0.2) is 23.1 Å². The Bertz CT molecular complexity index is 2130. The van der Waals surface area contributed by atoms with Gasteiger partial charge in [-0.25, -0.2) is 19.9 Å². The van der Waals surface area contributed by atoms with Crippen molar-refractivity contribution in [3.05, 3.63) is 158 Å². The van der Waals surface area contributed by atoms with Crippen LogP contribution >= 0.6 is 0 Å². The number of fused-ring (bicyclic) bond motifs is 1. The SMILES string of the molecule is c1ccc(-c2ccc(-c3nc(-c4ccc(-c5ccccc5)cc4)nc(-c4cccc5nc(-c6ccccc6)oc45)n3)cc2)cc1. The average Bonchev–Trinajstić information content (AvgIpc) is 3.58. The van der Waals surface area contributed by atoms with E-state index in [1.165, 1.54) is 0 Å². The second-order valence-corrected chi connectivity index (χ2v) is 10.7. The van der Waals surface area contributed by atoms with Crippen LogP contribution in [-0.4, -0.2) is 19.9 Å². The van der Waals surface area contributed by atoms with Crippen molar-refractivity contribution in [3.63, 3.8) is 0 Å². The minimum absolute atomic E-state index is 0.524. The molecule has 0 saturated heterocycles. The molecule has 212 valence electrons. The maximum absolute atomic E-state index is 6.35. The van der Waals surface area contributed by atoms with Crippen molar-refractivity contribution < 1.29 is 4.42 Å². The number of nitrogens with zero attached hydrogens (tertiary/aromatic N) is 4. The van der Waals surface area contributed by atoms with Gasteiger partial charge in [0.25, 0.3) is 0 Å². The molecule has 0 radical (unpaired) electrons. The van der Waals surface area contributed by atoms with Gasteiger partial charge in [-0.15, -0.1) is 0 Å². The highest BCUT2D eigenvalue weighted by atomic mass is 16.3. The van der Waals surface area contributed by atoms with E-state index in [0.717, 1.165) is 50.0 Å². The van der Waals surface area contributed by atoms with E-state index in [-0.39, 0.29) is 0 Å². The molecule has 5 heteroatoms. The number of oxazole rings is 1. The number of hydrogen-bond acceptors (Lipinski definition) is 5. The summed E-state index contributed by atoms with van der Waals surface area (Å²) in [6.07, 6.45) is 0. The highest BCUT2D eigenvalue weighted by Gasteiger charge is 2.18. The van der Waals surface area contributed by atoms with Crippen LogP contribution in [0, 0.1) is 0 Å². The molecule has 0 unspecified atom stereocenters. The molecule has 5 nitrogen and oxygen atoms in total. The molecule has 8 rings (SSSR count). The molecule has 0 atom stereocenters. The normalized spacial score (nSPS) is 11.1. The van der Waals surface area contributed by atoms with E-state index in [0.29, 0.717) is 28.9 Å². The molecule has 0 aliphatic heterocycles. The molecule has 0 spiro atoms. The van der Waals surface area contributed by atoms with Crippen LogP contribution < -0.4 is 0 Å². The van der Waals surface area contributed by atoms with E-state index in [1.807, 2.05) is 84.9 Å². The van der Waals surface area contributed by atoms with Gasteiger partial charge in [-0.2, -0.15) is 0 Å². The Labute approximate surface area is 260 Å². The molecular formula is C40H26N4O. The summed E-state index contributed by atoms with van der Waals surface area (Å²) in [5.41, 5.74) is 9.42. The van der Waals surface area contributed by atoms with Crippen LogP contribution in [0.2, 0.25) is 0 Å². The predicted molar refractivity (Wildman–Crippen MR) is 180 cm³/mol. The Balaban J connectivity index is 1.26. The maximum Gasteiger partial charge on any atom is 0.227 e. The highest BCUT2D eigenvalue weighted by Crippen LogP contribution is 2.33. The lowest BCUT2D eigenvalue weighted by Gasteiger charge is -2.10. The lowest BCUT2D eigenvalue weighted by atomic mass is 10.0. The average molecular weight is 579 g/mol. The second kappa shape index (κ2) is 11.5. The van der Waals surface area contributed by atoms with Crippen LogP contribution in [0.3, 0.4) is 0 Å². The summed E-state index contributed by atoms with van der Waals surface area (Å²) in [6.45, 7) is 0. The topological polar surface area (TPSA) is 64.7 Å². The Morgan fingerprint density at radius 2 is 0.733 bits per heavy atom. The molecule has 0 aliphatic rings. The van der Waals surface area contributed by atoms with Crippen molar-refractivity contribution in [1.29, 1.82) is 0 Å². The van der Waals surface area contributed by atoms with Gasteiger partial charge < -0.3 is 4.42 Å². The summed E-state index contributed by atoms with van der Waals surface area (Å²) in [5.74, 6) is 2.25. The summed E-state index contributed by atoms with van der Waals surface area (Å²) in [6, 6.07) is 53.1. The zero-order valence-electron chi connectivity index (χ0n) is 24.2. The largest absolute Gasteiger partial charge is 0.435 e. The molecule has 0 amide bonds. The Kier molecular flexibility index (Phi) is 6.74. The van der Waals surface area contributed by atoms with Gasteiger partial charge in [0, 0.05) is 16.7 Å². The molecule has 2 heterocycles. The zero-order valence-corrected chi connectivity index (χ0v) is 24.2. The first-order chi connectivity index (χ1) is 22.3. The second-order valence-electron chi connectivity index (χ2n) is 10.7. The van der Waals surface area contributed by atoms with E-state index in [9.17, 15) is 0 Å². The molecule has 0 fully saturated rings. The van der Waals surface area contributed by atoms with Gasteiger partial charge in [-0.1, -0.05) is 133 Å². The van der Waals surface area contributed by atoms with Gasteiger partial charge in [-0.3, -0.25) is 0 Å². The molecule has 45 heavy (non-hydrogen) atoms. The fourth-order valence-corrected chi connectivity index (χ4v) is 5.47. The number of hydrogen-bond donors (Lipinski definition) is 0. The highest BCUT2D eigenvalue weighted by molar-refractivity contribution is 5.90. The van der Waals surface area contributed by atoms with Crippen molar-refractivity contribution in [2.75, 3.05) is 0 Å². The Morgan fingerprint density at radius 1 is 0.311 bits per heavy atom. The summed E-state index contributed by atoms with van der Waals surface area (Å²) in [5, 5.41) is 0. The predicted octanol–water partition coefficient (Wildman–Crippen LogP) is 10.0. The molecule has 0 bridgehead atoms. The van der Waals surface area contributed by atoms with Crippen molar-refractivity contribution in [3.8, 4) is 67.9 Å². The van der Waals surface area contributed by atoms with Crippen LogP contribution in [0.25, 0.3) is 79.0 Å². The van der Waals surface area contributed by atoms with Crippen LogP contribution in [-0.2, 0) is 0 Å². The van der Waals surface area contributed by atoms with Crippen LogP contribution in [0.5, 0.6) is 0 Å². The standard InChI is InChI=1S/C40H26N4O/c1-4-11-27(12-5-1)29-19-23-31(24-20-29)37-42-38(32-25-21-30(22-26-32)28-13-6-2-7-14-28)44-39(43-37)34-17-10-18-35-36(34)45-40(41-35)33-15-8-3-9-16-33/h1-26H. The molecule has 8 aromatic rings. The molecule has 0 aliphatic carbocycles. The lowest BCUT2D eigenvalue weighted by Crippen LogP contribution is -2.00. The van der Waals surface area contributed by atoms with E-state index >= 15 is 0 Å². The number of benzene rings is 6. The van der Waals surface area contributed by atoms with Crippen molar-refractivity contribution in [2.24, 2.45) is 0 Å². The molecule has 0 saturated carbocycles. The van der Waals surface area contributed by atoms with Crippen LogP contribution in [0.4, 0.5) is 0 Å². The van der Waals surface area contributed by atoms with Gasteiger partial charge in [0.2, 0.25) is 5.89 Å². The third-order valence-corrected chi connectivity index (χ3v) is 7.81. The summed E-state index contributed by atoms with van der Waals surface area (Å²) in [7, 11) is 0. The van der Waals surface area contributed by atoms with E-state index < -0.39 is 0 Å². The lowest BCUT2D eigenvalue weighted by molar-refractivity contribution is 0.620. The Hall–Kier alpha value is -6.20. The smallest absolute Gasteiger partial charge is 0.227 e. The summed E-state index contributed by atoms with van der Waals surface area (Å²) >= 11 is 0. The third-order valence-electron chi connectivity index (χ3n) is 7.81. The first-order valence-corrected chi connectivity index (χ1v) is 14.8. The van der Waals surface area contributed by atoms with Crippen molar-refractivity contribution in [2.45, 2.75) is 0 Å². The third kappa shape index (κ3) is 5.28. The monoisotopic (exact) mass is 578 g/mol. The van der Waals surface area contributed by atoms with E-state index in [4.69, 9.17) is 24.4 Å². The first kappa shape index (κ1) is 26.4. The molecular weight excluding hydrogens is 552 g/mol. The Morgan fingerprint density at radius 3 is 1.24 bits per heavy atom. The molecule has 0 N–H and O–H groups in total. The fraction of sp³-hybridized carbons (Fsp3) is 0. The van der Waals surface area contributed by atoms with Gasteiger partial charge in [-0.05, 0) is 46.5 Å². The van der Waals surface area contributed by atoms with Crippen molar-refractivity contribution in [1.82, 2.24) is 19.9 Å². The molecule has 6 aromatic carbocycles. The van der Waals surface area contributed by atoms with Crippen LogP contribution in [0.15, 0.2) is 162 Å². The maximum atomic E-state index is 6.35. The van der Waals surface area contributed by atoms with Gasteiger partial charge >= 0.3 is 0 Å². The minimum Gasteiger partial charge on any atom is -0.435 e. The fourth-order valence-electron chi connectivity index (χ4n) is 5.47. The minimum atomic E-state index is 0.524. The number of para-hydroxylation sites is 1. The van der Waals surface area contributed by atoms with Crippen molar-refractivity contribution >= 4 is 11.1 Å². The van der Waals surface area contributed by atoms with Gasteiger partial charge in [0.1, 0.15) is 5.52 Å². The number of aromatic nitrogens is 4.